The fraction of sp³-hybridized carbons (Fsp3) is 0.308. The van der Waals surface area contributed by atoms with Gasteiger partial charge in [-0.3, -0.25) is 0 Å². The number of benzene rings is 1. The van der Waals surface area contributed by atoms with Crippen molar-refractivity contribution in [2.24, 2.45) is 0 Å². The van der Waals surface area contributed by atoms with Crippen molar-refractivity contribution in [3.63, 3.8) is 0 Å². The van der Waals surface area contributed by atoms with Crippen molar-refractivity contribution in [3.8, 4) is 11.5 Å². The fourth-order valence-electron chi connectivity index (χ4n) is 1.88. The molecule has 1 aromatic heterocycles. The van der Waals surface area contributed by atoms with E-state index in [0.29, 0.717) is 0 Å². The minimum Gasteiger partial charge on any atom is -0.493 e. The number of rotatable bonds is 4. The zero-order valence-electron chi connectivity index (χ0n) is 10.3. The first-order chi connectivity index (χ1) is 8.21. The Bertz CT molecular complexity index is 560. The molecule has 17 heavy (non-hydrogen) atoms. The average molecular weight is 250 g/mol. The molecule has 4 heteroatoms. The molecule has 2 rings (SSSR count). The number of thiazole rings is 1. The summed E-state index contributed by atoms with van der Waals surface area (Å²) in [7, 11) is 3.31. The van der Waals surface area contributed by atoms with Crippen LogP contribution in [-0.2, 0) is 6.54 Å². The molecule has 0 radical (unpaired) electrons. The van der Waals surface area contributed by atoms with Crippen molar-refractivity contribution in [1.82, 2.24) is 0 Å². The molecule has 0 saturated carbocycles. The van der Waals surface area contributed by atoms with Crippen LogP contribution < -0.4 is 14.0 Å². The average Bonchev–Trinajstić information content (AvgIpc) is 2.64. The summed E-state index contributed by atoms with van der Waals surface area (Å²) in [6, 6.07) is 4.03. The van der Waals surface area contributed by atoms with Gasteiger partial charge >= 0.3 is 0 Å². The number of fused-ring (bicyclic) bond motifs is 1. The Morgan fingerprint density at radius 1 is 1.29 bits per heavy atom. The molecule has 0 aliphatic rings. The first-order valence-electron chi connectivity index (χ1n) is 5.37. The van der Waals surface area contributed by atoms with Crippen LogP contribution in [0.15, 0.2) is 24.8 Å². The third-order valence-corrected chi connectivity index (χ3v) is 3.77. The van der Waals surface area contributed by atoms with Gasteiger partial charge in [0.15, 0.2) is 18.0 Å². The van der Waals surface area contributed by atoms with Gasteiger partial charge in [0.05, 0.1) is 20.3 Å². The van der Waals surface area contributed by atoms with Crippen LogP contribution in [0.5, 0.6) is 11.5 Å². The Hall–Kier alpha value is -1.55. The second kappa shape index (κ2) is 4.75. The summed E-state index contributed by atoms with van der Waals surface area (Å²) in [5, 5.41) is 1.25. The van der Waals surface area contributed by atoms with Crippen molar-refractivity contribution < 1.29 is 14.0 Å². The number of methoxy groups -OCH3 is 2. The Balaban J connectivity index is 2.69. The van der Waals surface area contributed by atoms with Gasteiger partial charge in [0.2, 0.25) is 10.5 Å². The quantitative estimate of drug-likeness (QED) is 0.615. The first-order valence-corrected chi connectivity index (χ1v) is 6.18. The van der Waals surface area contributed by atoms with Crippen molar-refractivity contribution in [2.45, 2.75) is 13.5 Å². The predicted molar refractivity (Wildman–Crippen MR) is 70.1 cm³/mol. The molecular weight excluding hydrogens is 234 g/mol. The van der Waals surface area contributed by atoms with E-state index in [1.54, 1.807) is 25.6 Å². The molecular formula is C13H16NO2S+. The number of hydrogen-bond acceptors (Lipinski definition) is 3. The van der Waals surface area contributed by atoms with Gasteiger partial charge in [0.25, 0.3) is 0 Å². The van der Waals surface area contributed by atoms with Crippen LogP contribution in [0, 0.1) is 6.92 Å². The maximum absolute atomic E-state index is 5.33. The summed E-state index contributed by atoms with van der Waals surface area (Å²) < 4.78 is 14.0. The summed E-state index contributed by atoms with van der Waals surface area (Å²) in [4.78, 5) is 0. The summed E-state index contributed by atoms with van der Waals surface area (Å²) in [5.41, 5.74) is 1.16. The highest BCUT2D eigenvalue weighted by atomic mass is 32.1. The molecule has 0 unspecified atom stereocenters. The van der Waals surface area contributed by atoms with Crippen LogP contribution in [0.2, 0.25) is 0 Å². The van der Waals surface area contributed by atoms with Gasteiger partial charge in [-0.1, -0.05) is 17.9 Å². The molecule has 1 heterocycles. The number of ether oxygens (including phenoxy) is 2. The SMILES string of the molecule is C=CC[n+]1c(C)sc2cc(OC)c(OC)cc21. The third-order valence-electron chi connectivity index (χ3n) is 2.71. The van der Waals surface area contributed by atoms with E-state index < -0.39 is 0 Å². The lowest BCUT2D eigenvalue weighted by Crippen LogP contribution is -2.33. The van der Waals surface area contributed by atoms with Crippen molar-refractivity contribution in [1.29, 1.82) is 0 Å². The lowest BCUT2D eigenvalue weighted by Gasteiger charge is -2.05. The van der Waals surface area contributed by atoms with Crippen LogP contribution in [0.3, 0.4) is 0 Å². The van der Waals surface area contributed by atoms with Crippen LogP contribution in [0.1, 0.15) is 5.01 Å². The molecule has 0 fully saturated rings. The summed E-state index contributed by atoms with van der Waals surface area (Å²) in [5.74, 6) is 1.53. The molecule has 0 aliphatic heterocycles. The van der Waals surface area contributed by atoms with E-state index in [2.05, 4.69) is 18.1 Å². The van der Waals surface area contributed by atoms with Gasteiger partial charge in [-0.25, -0.2) is 0 Å². The van der Waals surface area contributed by atoms with Gasteiger partial charge in [-0.05, 0) is 6.08 Å². The lowest BCUT2D eigenvalue weighted by molar-refractivity contribution is -0.662. The van der Waals surface area contributed by atoms with Crippen LogP contribution in [-0.4, -0.2) is 14.2 Å². The largest absolute Gasteiger partial charge is 0.493 e. The van der Waals surface area contributed by atoms with Crippen LogP contribution >= 0.6 is 11.3 Å². The zero-order chi connectivity index (χ0) is 12.4. The van der Waals surface area contributed by atoms with Gasteiger partial charge in [0, 0.05) is 13.0 Å². The molecule has 2 aromatic rings. The van der Waals surface area contributed by atoms with E-state index in [-0.39, 0.29) is 0 Å². The fourth-order valence-corrected chi connectivity index (χ4v) is 2.92. The molecule has 0 bridgehead atoms. The second-order valence-electron chi connectivity index (χ2n) is 3.70. The molecule has 3 nitrogen and oxygen atoms in total. The van der Waals surface area contributed by atoms with E-state index >= 15 is 0 Å². The Labute approximate surface area is 105 Å². The number of allylic oxidation sites excluding steroid dienone is 1. The molecule has 0 N–H and O–H groups in total. The van der Waals surface area contributed by atoms with Gasteiger partial charge in [-0.2, -0.15) is 4.57 Å². The predicted octanol–water partition coefficient (Wildman–Crippen LogP) is 2.70. The maximum Gasteiger partial charge on any atom is 0.235 e. The smallest absolute Gasteiger partial charge is 0.235 e. The van der Waals surface area contributed by atoms with E-state index in [1.165, 1.54) is 9.71 Å². The molecule has 1 aromatic carbocycles. The van der Waals surface area contributed by atoms with E-state index in [9.17, 15) is 0 Å². The second-order valence-corrected chi connectivity index (χ2v) is 4.93. The van der Waals surface area contributed by atoms with Gasteiger partial charge < -0.3 is 9.47 Å². The number of aryl methyl sites for hydroxylation is 1. The zero-order valence-corrected chi connectivity index (χ0v) is 11.1. The van der Waals surface area contributed by atoms with Crippen molar-refractivity contribution >= 4 is 21.6 Å². The Kier molecular flexibility index (Phi) is 3.33. The maximum atomic E-state index is 5.33. The highest BCUT2D eigenvalue weighted by Crippen LogP contribution is 2.33. The standard InChI is InChI=1S/C13H16NO2S/c1-5-6-14-9(2)17-13-8-12(16-4)11(15-3)7-10(13)14/h5,7-8H,1,6H2,2-4H3/q+1. The van der Waals surface area contributed by atoms with Gasteiger partial charge in [-0.15, -0.1) is 0 Å². The number of nitrogens with zero attached hydrogens (tertiary/aromatic N) is 1. The normalized spacial score (nSPS) is 10.5. The summed E-state index contributed by atoms with van der Waals surface area (Å²) >= 11 is 1.75. The molecule has 0 saturated heterocycles. The number of hydrogen-bond donors (Lipinski definition) is 0. The summed E-state index contributed by atoms with van der Waals surface area (Å²) in [6.45, 7) is 6.70. The molecule has 90 valence electrons. The molecule has 0 spiro atoms. The number of aromatic nitrogens is 1. The minimum atomic E-state index is 0.760. The Morgan fingerprint density at radius 2 is 1.94 bits per heavy atom. The highest BCUT2D eigenvalue weighted by molar-refractivity contribution is 7.18. The van der Waals surface area contributed by atoms with E-state index in [4.69, 9.17) is 9.47 Å². The molecule has 0 amide bonds. The van der Waals surface area contributed by atoms with Gasteiger partial charge in [0.1, 0.15) is 4.70 Å². The molecule has 0 aliphatic carbocycles. The third kappa shape index (κ3) is 2.00. The van der Waals surface area contributed by atoms with E-state index in [0.717, 1.165) is 23.6 Å². The Morgan fingerprint density at radius 3 is 2.53 bits per heavy atom. The topological polar surface area (TPSA) is 22.3 Å². The van der Waals surface area contributed by atoms with Crippen LogP contribution in [0.4, 0.5) is 0 Å². The first kappa shape index (κ1) is 11.9. The molecule has 0 atom stereocenters. The monoisotopic (exact) mass is 250 g/mol. The van der Waals surface area contributed by atoms with Crippen LogP contribution in [0.25, 0.3) is 10.2 Å². The van der Waals surface area contributed by atoms with E-state index in [1.807, 2.05) is 18.2 Å². The highest BCUT2D eigenvalue weighted by Gasteiger charge is 2.19. The summed E-state index contributed by atoms with van der Waals surface area (Å²) in [6.07, 6.45) is 1.90. The minimum absolute atomic E-state index is 0.760. The van der Waals surface area contributed by atoms with Crippen molar-refractivity contribution in [3.05, 3.63) is 29.8 Å². The van der Waals surface area contributed by atoms with Crippen molar-refractivity contribution in [2.75, 3.05) is 14.2 Å². The lowest BCUT2D eigenvalue weighted by atomic mass is 10.3.